The largest absolute Gasteiger partial charge is 0.462 e. The Kier molecular flexibility index (Phi) is 8.19. The van der Waals surface area contributed by atoms with Crippen LogP contribution in [0.4, 0.5) is 11.4 Å². The number of amides is 1. The van der Waals surface area contributed by atoms with Crippen LogP contribution in [0, 0.1) is 20.8 Å². The Hall–Kier alpha value is -3.36. The van der Waals surface area contributed by atoms with E-state index in [1.54, 1.807) is 69.3 Å². The molecule has 0 aliphatic carbocycles. The second-order valence-corrected chi connectivity index (χ2v) is 10.2. The van der Waals surface area contributed by atoms with E-state index in [-0.39, 0.29) is 11.5 Å². The van der Waals surface area contributed by atoms with Crippen molar-refractivity contribution in [3.63, 3.8) is 0 Å². The summed E-state index contributed by atoms with van der Waals surface area (Å²) in [5.41, 5.74) is 2.95. The molecular formula is C26H27ClN2O5S. The van der Waals surface area contributed by atoms with E-state index in [1.807, 2.05) is 6.92 Å². The predicted molar refractivity (Wildman–Crippen MR) is 138 cm³/mol. The molecule has 0 saturated heterocycles. The molecule has 0 aromatic heterocycles. The smallest absolute Gasteiger partial charge is 0.338 e. The summed E-state index contributed by atoms with van der Waals surface area (Å²) in [6.07, 6.45) is 0. The van der Waals surface area contributed by atoms with Crippen molar-refractivity contribution in [1.82, 2.24) is 0 Å². The van der Waals surface area contributed by atoms with Crippen molar-refractivity contribution in [3.05, 3.63) is 87.9 Å². The molecule has 0 aliphatic heterocycles. The van der Waals surface area contributed by atoms with Gasteiger partial charge in [0.2, 0.25) is 5.91 Å². The van der Waals surface area contributed by atoms with Gasteiger partial charge in [-0.2, -0.15) is 0 Å². The first-order valence-electron chi connectivity index (χ1n) is 11.0. The molecule has 3 rings (SSSR count). The zero-order chi connectivity index (χ0) is 25.8. The first-order valence-corrected chi connectivity index (χ1v) is 12.8. The molecule has 0 heterocycles. The van der Waals surface area contributed by atoms with Crippen molar-refractivity contribution < 1.29 is 22.7 Å². The van der Waals surface area contributed by atoms with Gasteiger partial charge >= 0.3 is 5.97 Å². The zero-order valence-corrected chi connectivity index (χ0v) is 21.5. The molecule has 0 aliphatic rings. The molecule has 35 heavy (non-hydrogen) atoms. The average molecular weight is 515 g/mol. The molecular weight excluding hydrogens is 488 g/mol. The van der Waals surface area contributed by atoms with Gasteiger partial charge in [-0.05, 0) is 75.2 Å². The Bertz CT molecular complexity index is 1350. The van der Waals surface area contributed by atoms with Crippen LogP contribution < -0.4 is 9.62 Å². The van der Waals surface area contributed by atoms with E-state index in [9.17, 15) is 18.0 Å². The number of halogens is 1. The lowest BCUT2D eigenvalue weighted by Crippen LogP contribution is -2.38. The number of carbonyl (C=O) groups is 2. The van der Waals surface area contributed by atoms with Gasteiger partial charge in [0.15, 0.2) is 0 Å². The molecule has 3 aromatic rings. The summed E-state index contributed by atoms with van der Waals surface area (Å²) < 4.78 is 33.3. The van der Waals surface area contributed by atoms with E-state index >= 15 is 0 Å². The first kappa shape index (κ1) is 26.2. The minimum atomic E-state index is -4.10. The molecule has 0 unspecified atom stereocenters. The topological polar surface area (TPSA) is 92.8 Å². The molecule has 1 N–H and O–H groups in total. The lowest BCUT2D eigenvalue weighted by Gasteiger charge is -2.26. The molecule has 184 valence electrons. The Morgan fingerprint density at radius 1 is 0.943 bits per heavy atom. The van der Waals surface area contributed by atoms with Crippen LogP contribution in [0.1, 0.15) is 34.0 Å². The number of esters is 1. The number of anilines is 2. The lowest BCUT2D eigenvalue weighted by atomic mass is 10.1. The quantitative estimate of drug-likeness (QED) is 0.413. The Morgan fingerprint density at radius 2 is 1.60 bits per heavy atom. The van der Waals surface area contributed by atoms with Crippen molar-refractivity contribution in [2.45, 2.75) is 32.6 Å². The monoisotopic (exact) mass is 514 g/mol. The van der Waals surface area contributed by atoms with E-state index in [1.165, 1.54) is 12.1 Å². The number of hydrogen-bond acceptors (Lipinski definition) is 5. The molecule has 3 aromatic carbocycles. The summed E-state index contributed by atoms with van der Waals surface area (Å²) in [6, 6.07) is 16.1. The number of aryl methyl sites for hydroxylation is 1. The van der Waals surface area contributed by atoms with Gasteiger partial charge in [0, 0.05) is 10.7 Å². The van der Waals surface area contributed by atoms with Crippen LogP contribution in [0.3, 0.4) is 0 Å². The van der Waals surface area contributed by atoms with Crippen LogP contribution in [0.15, 0.2) is 65.6 Å². The number of sulfonamides is 1. The van der Waals surface area contributed by atoms with Crippen LogP contribution in [-0.4, -0.2) is 33.4 Å². The standard InChI is InChI=1S/C26H27ClN2O5S/c1-5-34-26(31)21-8-6-10-23(18(21)3)28-25(30)16-29(24-11-7-9-22(27)19(24)4)35(32,33)20-14-12-17(2)13-15-20/h6-15H,5,16H2,1-4H3,(H,28,30). The number of carbonyl (C=O) groups excluding carboxylic acids is 2. The average Bonchev–Trinajstić information content (AvgIpc) is 2.81. The van der Waals surface area contributed by atoms with Crippen LogP contribution in [0.25, 0.3) is 0 Å². The summed E-state index contributed by atoms with van der Waals surface area (Å²) in [6.45, 7) is 6.67. The van der Waals surface area contributed by atoms with Crippen molar-refractivity contribution in [2.75, 3.05) is 22.8 Å². The molecule has 0 bridgehead atoms. The third-order valence-corrected chi connectivity index (χ3v) is 7.69. The third-order valence-electron chi connectivity index (χ3n) is 5.51. The van der Waals surface area contributed by atoms with E-state index in [2.05, 4.69) is 5.32 Å². The summed E-state index contributed by atoms with van der Waals surface area (Å²) in [5.74, 6) is -1.08. The van der Waals surface area contributed by atoms with E-state index < -0.39 is 28.4 Å². The van der Waals surface area contributed by atoms with Gasteiger partial charge in [-0.15, -0.1) is 0 Å². The SMILES string of the molecule is CCOC(=O)c1cccc(NC(=O)CN(c2cccc(Cl)c2C)S(=O)(=O)c2ccc(C)cc2)c1C. The van der Waals surface area contributed by atoms with Crippen molar-refractivity contribution in [2.24, 2.45) is 0 Å². The number of benzene rings is 3. The predicted octanol–water partition coefficient (Wildman–Crippen LogP) is 5.28. The lowest BCUT2D eigenvalue weighted by molar-refractivity contribution is -0.114. The highest BCUT2D eigenvalue weighted by Crippen LogP contribution is 2.31. The number of hydrogen-bond donors (Lipinski definition) is 1. The minimum absolute atomic E-state index is 0.0516. The summed E-state index contributed by atoms with van der Waals surface area (Å²) in [5, 5.41) is 3.11. The second kappa shape index (κ2) is 10.9. The number of nitrogens with zero attached hydrogens (tertiary/aromatic N) is 1. The van der Waals surface area contributed by atoms with Crippen LogP contribution >= 0.6 is 11.6 Å². The summed E-state index contributed by atoms with van der Waals surface area (Å²) in [4.78, 5) is 25.4. The first-order chi connectivity index (χ1) is 16.6. The van der Waals surface area contributed by atoms with Gasteiger partial charge in [-0.3, -0.25) is 9.10 Å². The molecule has 0 spiro atoms. The maximum absolute atomic E-state index is 13.6. The number of rotatable bonds is 8. The van der Waals surface area contributed by atoms with E-state index in [0.29, 0.717) is 33.1 Å². The van der Waals surface area contributed by atoms with E-state index in [0.717, 1.165) is 9.87 Å². The summed E-state index contributed by atoms with van der Waals surface area (Å²) in [7, 11) is -4.10. The highest BCUT2D eigenvalue weighted by Gasteiger charge is 2.29. The van der Waals surface area contributed by atoms with Crippen LogP contribution in [0.5, 0.6) is 0 Å². The van der Waals surface area contributed by atoms with Crippen molar-refractivity contribution in [3.8, 4) is 0 Å². The molecule has 1 amide bonds. The highest BCUT2D eigenvalue weighted by atomic mass is 35.5. The van der Waals surface area contributed by atoms with Gasteiger partial charge in [0.25, 0.3) is 10.0 Å². The number of nitrogens with one attached hydrogen (secondary N) is 1. The van der Waals surface area contributed by atoms with Crippen molar-refractivity contribution >= 4 is 44.9 Å². The normalized spacial score (nSPS) is 11.1. The third kappa shape index (κ3) is 5.83. The molecule has 7 nitrogen and oxygen atoms in total. The van der Waals surface area contributed by atoms with E-state index in [4.69, 9.17) is 16.3 Å². The maximum Gasteiger partial charge on any atom is 0.338 e. The fourth-order valence-electron chi connectivity index (χ4n) is 3.52. The molecule has 0 fully saturated rings. The minimum Gasteiger partial charge on any atom is -0.462 e. The Morgan fingerprint density at radius 3 is 2.26 bits per heavy atom. The zero-order valence-electron chi connectivity index (χ0n) is 20.0. The second-order valence-electron chi connectivity index (χ2n) is 7.96. The van der Waals surface area contributed by atoms with Gasteiger partial charge in [0.05, 0.1) is 22.8 Å². The fraction of sp³-hybridized carbons (Fsp3) is 0.231. The van der Waals surface area contributed by atoms with Crippen LogP contribution in [-0.2, 0) is 19.6 Å². The summed E-state index contributed by atoms with van der Waals surface area (Å²) >= 11 is 6.27. The number of ether oxygens (including phenoxy) is 1. The molecule has 9 heteroatoms. The molecule has 0 saturated carbocycles. The van der Waals surface area contributed by atoms with Crippen molar-refractivity contribution in [1.29, 1.82) is 0 Å². The fourth-order valence-corrected chi connectivity index (χ4v) is 5.17. The van der Waals surface area contributed by atoms with Gasteiger partial charge in [-0.25, -0.2) is 13.2 Å². The Balaban J connectivity index is 1.98. The Labute approximate surface area is 210 Å². The van der Waals surface area contributed by atoms with Crippen LogP contribution in [0.2, 0.25) is 5.02 Å². The maximum atomic E-state index is 13.6. The van der Waals surface area contributed by atoms with Gasteiger partial charge < -0.3 is 10.1 Å². The molecule has 0 atom stereocenters. The highest BCUT2D eigenvalue weighted by molar-refractivity contribution is 7.92. The van der Waals surface area contributed by atoms with Gasteiger partial charge in [0.1, 0.15) is 6.54 Å². The molecule has 0 radical (unpaired) electrons. The van der Waals surface area contributed by atoms with Gasteiger partial charge in [-0.1, -0.05) is 41.4 Å².